The van der Waals surface area contributed by atoms with Crippen LogP contribution in [-0.2, 0) is 27.9 Å². The number of amides is 1. The topological polar surface area (TPSA) is 133 Å². The molecule has 0 aliphatic carbocycles. The van der Waals surface area contributed by atoms with Crippen LogP contribution < -0.4 is 10.9 Å². The lowest BCUT2D eigenvalue weighted by molar-refractivity contribution is -0.131. The van der Waals surface area contributed by atoms with Crippen molar-refractivity contribution in [3.05, 3.63) is 77.0 Å². The summed E-state index contributed by atoms with van der Waals surface area (Å²) >= 11 is 0. The van der Waals surface area contributed by atoms with Crippen LogP contribution >= 0.6 is 0 Å². The van der Waals surface area contributed by atoms with Crippen molar-refractivity contribution in [2.75, 3.05) is 7.05 Å². The third-order valence-electron chi connectivity index (χ3n) is 4.76. The average molecular weight is 441 g/mol. The number of carbonyl (C=O) groups excluding carboxylic acids is 1. The summed E-state index contributed by atoms with van der Waals surface area (Å²) in [6.07, 6.45) is 3.50. The number of aromatic nitrogens is 3. The van der Waals surface area contributed by atoms with Crippen molar-refractivity contribution in [1.29, 1.82) is 0 Å². The van der Waals surface area contributed by atoms with Crippen LogP contribution in [0.25, 0.3) is 16.8 Å². The summed E-state index contributed by atoms with van der Waals surface area (Å²) in [6.45, 7) is 0.0373. The van der Waals surface area contributed by atoms with Gasteiger partial charge < -0.3 is 9.32 Å². The van der Waals surface area contributed by atoms with E-state index in [1.807, 2.05) is 36.5 Å². The molecular formula is C20H19N5O5S. The number of carbonyl (C=O) groups is 1. The predicted octanol–water partition coefficient (Wildman–Crippen LogP) is 1.09. The molecule has 160 valence electrons. The number of hydrogen-bond acceptors (Lipinski definition) is 6. The number of sulfonamides is 1. The molecule has 0 fully saturated rings. The van der Waals surface area contributed by atoms with Gasteiger partial charge in [-0.25, -0.2) is 23.0 Å². The Hall–Kier alpha value is -3.70. The lowest BCUT2D eigenvalue weighted by Gasteiger charge is -2.16. The lowest BCUT2D eigenvalue weighted by atomic mass is 10.3. The fourth-order valence-corrected chi connectivity index (χ4v) is 3.68. The summed E-state index contributed by atoms with van der Waals surface area (Å²) in [5, 5.41) is 9.41. The normalized spacial score (nSPS) is 11.7. The maximum absolute atomic E-state index is 12.7. The van der Waals surface area contributed by atoms with Crippen molar-refractivity contribution in [1.82, 2.24) is 19.2 Å². The summed E-state index contributed by atoms with van der Waals surface area (Å²) in [7, 11) is -2.32. The second-order valence-corrected chi connectivity index (χ2v) is 8.57. The van der Waals surface area contributed by atoms with Gasteiger partial charge in [0.25, 0.3) is 0 Å². The van der Waals surface area contributed by atoms with E-state index in [0.717, 1.165) is 21.9 Å². The fourth-order valence-electron chi connectivity index (χ4n) is 3.16. The molecule has 0 radical (unpaired) electrons. The van der Waals surface area contributed by atoms with Gasteiger partial charge in [0.1, 0.15) is 6.54 Å². The van der Waals surface area contributed by atoms with Crippen LogP contribution in [0.4, 0.5) is 0 Å². The Kier molecular flexibility index (Phi) is 5.21. The molecule has 2 heterocycles. The Balaban J connectivity index is 1.50. The van der Waals surface area contributed by atoms with E-state index in [-0.39, 0.29) is 22.9 Å². The highest BCUT2D eigenvalue weighted by Crippen LogP contribution is 2.18. The number of nitrogens with two attached hydrogens (primary N) is 1. The minimum Gasteiger partial charge on any atom is -0.408 e. The van der Waals surface area contributed by atoms with Crippen LogP contribution in [0.2, 0.25) is 0 Å². The fraction of sp³-hybridized carbons (Fsp3) is 0.150. The second kappa shape index (κ2) is 7.85. The van der Waals surface area contributed by atoms with E-state index in [2.05, 4.69) is 5.10 Å². The van der Waals surface area contributed by atoms with E-state index in [1.54, 1.807) is 17.9 Å². The molecule has 2 N–H and O–H groups in total. The molecule has 0 aliphatic heterocycles. The Morgan fingerprint density at radius 2 is 1.94 bits per heavy atom. The van der Waals surface area contributed by atoms with Gasteiger partial charge in [-0.2, -0.15) is 5.10 Å². The van der Waals surface area contributed by atoms with E-state index < -0.39 is 15.8 Å². The van der Waals surface area contributed by atoms with Gasteiger partial charge in [-0.05, 0) is 24.3 Å². The maximum Gasteiger partial charge on any atom is 0.420 e. The highest BCUT2D eigenvalue weighted by Gasteiger charge is 2.18. The smallest absolute Gasteiger partial charge is 0.408 e. The highest BCUT2D eigenvalue weighted by atomic mass is 32.2. The quantitative estimate of drug-likeness (QED) is 0.476. The van der Waals surface area contributed by atoms with Crippen molar-refractivity contribution < 1.29 is 17.6 Å². The van der Waals surface area contributed by atoms with Gasteiger partial charge in [0.05, 0.1) is 22.3 Å². The molecule has 0 saturated heterocycles. The van der Waals surface area contributed by atoms with Crippen molar-refractivity contribution >= 4 is 27.0 Å². The zero-order chi connectivity index (χ0) is 22.2. The molecule has 2 aromatic heterocycles. The van der Waals surface area contributed by atoms with Crippen molar-refractivity contribution in [2.45, 2.75) is 18.0 Å². The third-order valence-corrected chi connectivity index (χ3v) is 5.67. The molecule has 11 heteroatoms. The number of primary sulfonamides is 1. The number of fused-ring (bicyclic) bond motifs is 1. The summed E-state index contributed by atoms with van der Waals surface area (Å²) in [5.41, 5.74) is 2.06. The largest absolute Gasteiger partial charge is 0.420 e. The Morgan fingerprint density at radius 3 is 2.65 bits per heavy atom. The molecule has 2 aromatic carbocycles. The van der Waals surface area contributed by atoms with Crippen LogP contribution in [0.5, 0.6) is 0 Å². The minimum absolute atomic E-state index is 0.0381. The first-order valence-corrected chi connectivity index (χ1v) is 10.8. The van der Waals surface area contributed by atoms with Gasteiger partial charge in [-0.15, -0.1) is 0 Å². The average Bonchev–Trinajstić information content (AvgIpc) is 3.32. The van der Waals surface area contributed by atoms with Gasteiger partial charge in [0.15, 0.2) is 5.58 Å². The first kappa shape index (κ1) is 20.6. The van der Waals surface area contributed by atoms with E-state index in [0.29, 0.717) is 12.1 Å². The van der Waals surface area contributed by atoms with E-state index in [1.165, 1.54) is 17.0 Å². The summed E-state index contributed by atoms with van der Waals surface area (Å²) < 4.78 is 30.9. The highest BCUT2D eigenvalue weighted by molar-refractivity contribution is 7.89. The molecule has 0 aliphatic rings. The zero-order valence-corrected chi connectivity index (χ0v) is 17.3. The molecule has 0 spiro atoms. The van der Waals surface area contributed by atoms with E-state index >= 15 is 0 Å². The lowest BCUT2D eigenvalue weighted by Crippen LogP contribution is -2.32. The van der Waals surface area contributed by atoms with Gasteiger partial charge in [0, 0.05) is 31.4 Å². The van der Waals surface area contributed by atoms with Crippen molar-refractivity contribution in [3.8, 4) is 5.69 Å². The number of likely N-dealkylation sites (N-methyl/N-ethyl adjacent to an activating group) is 1. The molecule has 4 aromatic rings. The number of hydrogen-bond donors (Lipinski definition) is 1. The molecule has 31 heavy (non-hydrogen) atoms. The van der Waals surface area contributed by atoms with Crippen LogP contribution in [-0.4, -0.2) is 40.6 Å². The monoisotopic (exact) mass is 441 g/mol. The van der Waals surface area contributed by atoms with Gasteiger partial charge >= 0.3 is 5.76 Å². The van der Waals surface area contributed by atoms with Crippen molar-refractivity contribution in [3.63, 3.8) is 0 Å². The van der Waals surface area contributed by atoms with Gasteiger partial charge in [0.2, 0.25) is 15.9 Å². The van der Waals surface area contributed by atoms with Gasteiger partial charge in [-0.1, -0.05) is 18.2 Å². The molecule has 4 rings (SSSR count). The zero-order valence-electron chi connectivity index (χ0n) is 16.5. The minimum atomic E-state index is -3.94. The Labute approximate surface area is 177 Å². The Morgan fingerprint density at radius 1 is 1.19 bits per heavy atom. The third kappa shape index (κ3) is 4.27. The van der Waals surface area contributed by atoms with Gasteiger partial charge in [-0.3, -0.25) is 9.36 Å². The van der Waals surface area contributed by atoms with Crippen LogP contribution in [0.1, 0.15) is 5.56 Å². The van der Waals surface area contributed by atoms with Crippen LogP contribution in [0.3, 0.4) is 0 Å². The molecule has 1 amide bonds. The number of para-hydroxylation sites is 1. The first-order chi connectivity index (χ1) is 14.7. The molecule has 0 bridgehead atoms. The van der Waals surface area contributed by atoms with Crippen molar-refractivity contribution in [2.24, 2.45) is 5.14 Å². The SMILES string of the molecule is CN(Cc1cnn(-c2ccccc2)c1)C(=O)Cn1c(=O)oc2cc(S(N)(=O)=O)ccc21. The molecule has 0 saturated carbocycles. The molecule has 10 nitrogen and oxygen atoms in total. The number of oxazole rings is 1. The molecular weight excluding hydrogens is 422 g/mol. The molecule has 0 atom stereocenters. The Bertz CT molecular complexity index is 1420. The van der Waals surface area contributed by atoms with E-state index in [9.17, 15) is 18.0 Å². The van der Waals surface area contributed by atoms with E-state index in [4.69, 9.17) is 9.56 Å². The molecule has 0 unspecified atom stereocenters. The summed E-state index contributed by atoms with van der Waals surface area (Å²) in [6, 6.07) is 13.4. The number of rotatable bonds is 6. The number of nitrogens with zero attached hydrogens (tertiary/aromatic N) is 4. The predicted molar refractivity (Wildman–Crippen MR) is 112 cm³/mol. The number of benzene rings is 2. The summed E-state index contributed by atoms with van der Waals surface area (Å²) in [5.74, 6) is -1.09. The standard InChI is InChI=1S/C20H19N5O5S/c1-23(11-14-10-22-25(12-14)15-5-3-2-4-6-15)19(26)13-24-17-8-7-16(31(21,28)29)9-18(17)30-20(24)27/h2-10,12H,11,13H2,1H3,(H2,21,28,29). The van der Waals surface area contributed by atoms with Crippen LogP contribution in [0, 0.1) is 0 Å². The first-order valence-electron chi connectivity index (χ1n) is 9.21. The summed E-state index contributed by atoms with van der Waals surface area (Å²) in [4.78, 5) is 26.2. The maximum atomic E-state index is 12.7. The van der Waals surface area contributed by atoms with Crippen LogP contribution in [0.15, 0.2) is 75.0 Å². The second-order valence-electron chi connectivity index (χ2n) is 7.01.